The Morgan fingerprint density at radius 1 is 1.10 bits per heavy atom. The zero-order valence-corrected chi connectivity index (χ0v) is 13.3. The molecule has 0 bridgehead atoms. The van der Waals surface area contributed by atoms with Gasteiger partial charge in [-0.2, -0.15) is 0 Å². The molecule has 0 aliphatic carbocycles. The third kappa shape index (κ3) is 4.83. The second kappa shape index (κ2) is 7.58. The van der Waals surface area contributed by atoms with Crippen LogP contribution in [0.4, 0.5) is 4.39 Å². The van der Waals surface area contributed by atoms with Crippen molar-refractivity contribution in [1.82, 2.24) is 5.32 Å². The SMILES string of the molecule is CCNC(Cc1ccc(Cl)cc1)Cc1cc(F)ccc1C. The highest BCUT2D eigenvalue weighted by Gasteiger charge is 2.12. The van der Waals surface area contributed by atoms with E-state index in [0.717, 1.165) is 35.5 Å². The molecule has 0 aromatic heterocycles. The lowest BCUT2D eigenvalue weighted by Crippen LogP contribution is -2.33. The zero-order chi connectivity index (χ0) is 15.2. The molecule has 2 rings (SSSR count). The number of benzene rings is 2. The van der Waals surface area contributed by atoms with Crippen LogP contribution in [0.1, 0.15) is 23.6 Å². The van der Waals surface area contributed by atoms with Crippen molar-refractivity contribution in [3.8, 4) is 0 Å². The van der Waals surface area contributed by atoms with Gasteiger partial charge in [0.15, 0.2) is 0 Å². The molecule has 0 amide bonds. The summed E-state index contributed by atoms with van der Waals surface area (Å²) < 4.78 is 13.4. The topological polar surface area (TPSA) is 12.0 Å². The van der Waals surface area contributed by atoms with Crippen molar-refractivity contribution in [2.24, 2.45) is 0 Å². The highest BCUT2D eigenvalue weighted by atomic mass is 35.5. The molecule has 0 spiro atoms. The number of halogens is 2. The molecule has 0 fully saturated rings. The first kappa shape index (κ1) is 16.0. The van der Waals surface area contributed by atoms with Crippen molar-refractivity contribution < 1.29 is 4.39 Å². The van der Waals surface area contributed by atoms with Crippen LogP contribution >= 0.6 is 11.6 Å². The monoisotopic (exact) mass is 305 g/mol. The third-order valence-corrected chi connectivity index (χ3v) is 3.92. The van der Waals surface area contributed by atoms with Gasteiger partial charge in [-0.05, 0) is 67.3 Å². The molecule has 2 aromatic carbocycles. The first-order valence-electron chi connectivity index (χ1n) is 7.31. The highest BCUT2D eigenvalue weighted by Crippen LogP contribution is 2.16. The molecule has 0 heterocycles. The molecule has 1 atom stereocenters. The zero-order valence-electron chi connectivity index (χ0n) is 12.5. The van der Waals surface area contributed by atoms with Gasteiger partial charge in [0, 0.05) is 11.1 Å². The van der Waals surface area contributed by atoms with Gasteiger partial charge in [-0.3, -0.25) is 0 Å². The van der Waals surface area contributed by atoms with Crippen LogP contribution in [0.25, 0.3) is 0 Å². The first-order chi connectivity index (χ1) is 10.1. The molecular weight excluding hydrogens is 285 g/mol. The van der Waals surface area contributed by atoms with Crippen molar-refractivity contribution >= 4 is 11.6 Å². The van der Waals surface area contributed by atoms with E-state index in [-0.39, 0.29) is 11.9 Å². The lowest BCUT2D eigenvalue weighted by Gasteiger charge is -2.19. The summed E-state index contributed by atoms with van der Waals surface area (Å²) in [5.41, 5.74) is 3.43. The van der Waals surface area contributed by atoms with Gasteiger partial charge in [0.1, 0.15) is 5.82 Å². The molecule has 2 aromatic rings. The maximum Gasteiger partial charge on any atom is 0.123 e. The van der Waals surface area contributed by atoms with Gasteiger partial charge in [-0.25, -0.2) is 4.39 Å². The maximum atomic E-state index is 13.4. The third-order valence-electron chi connectivity index (χ3n) is 3.67. The average molecular weight is 306 g/mol. The first-order valence-corrected chi connectivity index (χ1v) is 7.69. The molecule has 1 nitrogen and oxygen atoms in total. The van der Waals surface area contributed by atoms with Gasteiger partial charge in [0.25, 0.3) is 0 Å². The number of likely N-dealkylation sites (N-methyl/N-ethyl adjacent to an activating group) is 1. The van der Waals surface area contributed by atoms with E-state index in [1.165, 1.54) is 11.6 Å². The van der Waals surface area contributed by atoms with Gasteiger partial charge >= 0.3 is 0 Å². The van der Waals surface area contributed by atoms with Crippen LogP contribution in [0.2, 0.25) is 5.02 Å². The summed E-state index contributed by atoms with van der Waals surface area (Å²) in [6, 6.07) is 13.2. The standard InChI is InChI=1S/C18H21ClFN/c1-3-21-18(10-14-5-7-16(19)8-6-14)12-15-11-17(20)9-4-13(15)2/h4-9,11,18,21H,3,10,12H2,1-2H3. The van der Waals surface area contributed by atoms with E-state index in [9.17, 15) is 4.39 Å². The van der Waals surface area contributed by atoms with Gasteiger partial charge in [-0.15, -0.1) is 0 Å². The summed E-state index contributed by atoms with van der Waals surface area (Å²) in [6.07, 6.45) is 1.72. The van der Waals surface area contributed by atoms with Crippen molar-refractivity contribution in [2.45, 2.75) is 32.7 Å². The van der Waals surface area contributed by atoms with E-state index in [2.05, 4.69) is 12.2 Å². The molecular formula is C18H21ClFN. The Labute approximate surface area is 131 Å². The van der Waals surface area contributed by atoms with E-state index in [0.29, 0.717) is 0 Å². The van der Waals surface area contributed by atoms with E-state index >= 15 is 0 Å². The Morgan fingerprint density at radius 2 is 1.81 bits per heavy atom. The molecule has 0 aliphatic rings. The summed E-state index contributed by atoms with van der Waals surface area (Å²) in [7, 11) is 0. The second-order valence-electron chi connectivity index (χ2n) is 5.36. The number of aryl methyl sites for hydroxylation is 1. The Kier molecular flexibility index (Phi) is 5.77. The van der Waals surface area contributed by atoms with Gasteiger partial charge < -0.3 is 5.32 Å². The average Bonchev–Trinajstić information content (AvgIpc) is 2.45. The normalized spacial score (nSPS) is 12.4. The minimum absolute atomic E-state index is 0.169. The number of rotatable bonds is 6. The van der Waals surface area contributed by atoms with Crippen molar-refractivity contribution in [3.05, 3.63) is 70.0 Å². The second-order valence-corrected chi connectivity index (χ2v) is 5.80. The van der Waals surface area contributed by atoms with Crippen LogP contribution in [0, 0.1) is 12.7 Å². The van der Waals surface area contributed by atoms with E-state index < -0.39 is 0 Å². The summed E-state index contributed by atoms with van der Waals surface area (Å²) in [5.74, 6) is -0.169. The molecule has 112 valence electrons. The Morgan fingerprint density at radius 3 is 2.48 bits per heavy atom. The number of hydrogen-bond donors (Lipinski definition) is 1. The lowest BCUT2D eigenvalue weighted by molar-refractivity contribution is 0.518. The molecule has 0 aliphatic heterocycles. The molecule has 0 saturated carbocycles. The molecule has 0 saturated heterocycles. The van der Waals surface area contributed by atoms with E-state index in [4.69, 9.17) is 11.6 Å². The fraction of sp³-hybridized carbons (Fsp3) is 0.333. The van der Waals surface area contributed by atoms with Crippen molar-refractivity contribution in [3.63, 3.8) is 0 Å². The van der Waals surface area contributed by atoms with Gasteiger partial charge in [0.2, 0.25) is 0 Å². The smallest absolute Gasteiger partial charge is 0.123 e. The van der Waals surface area contributed by atoms with E-state index in [1.54, 1.807) is 6.07 Å². The van der Waals surface area contributed by atoms with Gasteiger partial charge in [-0.1, -0.05) is 36.7 Å². The Hall–Kier alpha value is -1.38. The Balaban J connectivity index is 2.11. The highest BCUT2D eigenvalue weighted by molar-refractivity contribution is 6.30. The predicted octanol–water partition coefficient (Wildman–Crippen LogP) is 4.55. The molecule has 1 N–H and O–H groups in total. The largest absolute Gasteiger partial charge is 0.314 e. The van der Waals surface area contributed by atoms with Crippen molar-refractivity contribution in [1.29, 1.82) is 0 Å². The van der Waals surface area contributed by atoms with Crippen molar-refractivity contribution in [2.75, 3.05) is 6.54 Å². The van der Waals surface area contributed by atoms with E-state index in [1.807, 2.05) is 37.3 Å². The summed E-state index contributed by atoms with van der Waals surface area (Å²) in [5, 5.41) is 4.24. The molecule has 1 unspecified atom stereocenters. The van der Waals surface area contributed by atoms with Crippen LogP contribution in [-0.4, -0.2) is 12.6 Å². The maximum absolute atomic E-state index is 13.4. The van der Waals surface area contributed by atoms with Crippen LogP contribution in [0.15, 0.2) is 42.5 Å². The minimum atomic E-state index is -0.169. The van der Waals surface area contributed by atoms with Crippen LogP contribution < -0.4 is 5.32 Å². The minimum Gasteiger partial charge on any atom is -0.314 e. The fourth-order valence-corrected chi connectivity index (χ4v) is 2.66. The van der Waals surface area contributed by atoms with Crippen LogP contribution in [-0.2, 0) is 12.8 Å². The van der Waals surface area contributed by atoms with Gasteiger partial charge in [0.05, 0.1) is 0 Å². The molecule has 3 heteroatoms. The number of hydrogen-bond acceptors (Lipinski definition) is 1. The molecule has 0 radical (unpaired) electrons. The summed E-state index contributed by atoms with van der Waals surface area (Å²) >= 11 is 5.92. The summed E-state index contributed by atoms with van der Waals surface area (Å²) in [6.45, 7) is 5.01. The molecule has 21 heavy (non-hydrogen) atoms. The fourth-order valence-electron chi connectivity index (χ4n) is 2.54. The Bertz CT molecular complexity index is 580. The lowest BCUT2D eigenvalue weighted by atomic mass is 9.96. The predicted molar refractivity (Wildman–Crippen MR) is 87.5 cm³/mol. The number of nitrogens with one attached hydrogen (secondary N) is 1. The van der Waals surface area contributed by atoms with Crippen LogP contribution in [0.5, 0.6) is 0 Å². The van der Waals surface area contributed by atoms with Crippen LogP contribution in [0.3, 0.4) is 0 Å². The quantitative estimate of drug-likeness (QED) is 0.825. The summed E-state index contributed by atoms with van der Waals surface area (Å²) in [4.78, 5) is 0.